The number of fused-ring (bicyclic) bond motifs is 6. The molecule has 4 heteroatoms. The van der Waals surface area contributed by atoms with Gasteiger partial charge in [0.05, 0.1) is 33.1 Å². The molecule has 0 saturated carbocycles. The third-order valence-electron chi connectivity index (χ3n) is 6.16. The van der Waals surface area contributed by atoms with Gasteiger partial charge >= 0.3 is 0 Å². The van der Waals surface area contributed by atoms with Crippen molar-refractivity contribution in [3.8, 4) is 11.5 Å². The predicted octanol–water partition coefficient (Wildman–Crippen LogP) is 6.67. The van der Waals surface area contributed by atoms with Crippen LogP contribution >= 0.6 is 0 Å². The molecule has 4 heterocycles. The van der Waals surface area contributed by atoms with Gasteiger partial charge in [-0.15, -0.1) is 0 Å². The van der Waals surface area contributed by atoms with E-state index >= 15 is 0 Å². The van der Waals surface area contributed by atoms with Crippen LogP contribution < -0.4 is 0 Å². The second-order valence-corrected chi connectivity index (χ2v) is 7.95. The van der Waals surface area contributed by atoms with Gasteiger partial charge in [-0.2, -0.15) is 0 Å². The largest absolute Gasteiger partial charge is 0.308 e. The number of nitrogens with zero attached hydrogens (tertiary/aromatic N) is 4. The first-order chi connectivity index (χ1) is 15.9. The molecule has 0 unspecified atom stereocenters. The summed E-state index contributed by atoms with van der Waals surface area (Å²) in [7, 11) is 0. The molecular weight excluding hydrogens is 392 g/mol. The Kier molecular flexibility index (Phi) is 3.52. The minimum Gasteiger partial charge on any atom is -0.308 e. The van der Waals surface area contributed by atoms with Crippen LogP contribution in [0.15, 0.2) is 109 Å². The predicted molar refractivity (Wildman–Crippen MR) is 131 cm³/mol. The summed E-state index contributed by atoms with van der Waals surface area (Å²) in [6, 6.07) is 35.7. The average Bonchev–Trinajstić information content (AvgIpc) is 3.36. The molecule has 0 aliphatic carbocycles. The third-order valence-corrected chi connectivity index (χ3v) is 6.16. The van der Waals surface area contributed by atoms with Crippen molar-refractivity contribution in [2.75, 3.05) is 0 Å². The van der Waals surface area contributed by atoms with E-state index < -0.39 is 0 Å². The van der Waals surface area contributed by atoms with Crippen LogP contribution in [0.3, 0.4) is 0 Å². The van der Waals surface area contributed by atoms with E-state index in [4.69, 9.17) is 4.98 Å². The molecule has 0 amide bonds. The van der Waals surface area contributed by atoms with Crippen molar-refractivity contribution in [1.82, 2.24) is 19.1 Å². The Balaban J connectivity index is 1.71. The molecule has 4 nitrogen and oxygen atoms in total. The SMILES string of the molecule is c1ccc(-n2c3ccccc3c3nc4c5ccccc5n(-c5ccccn5)c4cc32)cc1. The summed E-state index contributed by atoms with van der Waals surface area (Å²) in [4.78, 5) is 9.91. The Morgan fingerprint density at radius 1 is 0.500 bits per heavy atom. The van der Waals surface area contributed by atoms with Crippen LogP contribution in [-0.2, 0) is 0 Å². The number of hydrogen-bond acceptors (Lipinski definition) is 2. The van der Waals surface area contributed by atoms with E-state index in [9.17, 15) is 0 Å². The van der Waals surface area contributed by atoms with Gasteiger partial charge in [-0.25, -0.2) is 9.97 Å². The first-order valence-corrected chi connectivity index (χ1v) is 10.7. The van der Waals surface area contributed by atoms with Crippen LogP contribution in [0.5, 0.6) is 0 Å². The molecule has 0 aliphatic heterocycles. The number of hydrogen-bond donors (Lipinski definition) is 0. The van der Waals surface area contributed by atoms with Crippen LogP contribution in [0, 0.1) is 0 Å². The first kappa shape index (κ1) is 17.3. The van der Waals surface area contributed by atoms with Crippen LogP contribution in [0.25, 0.3) is 55.4 Å². The molecule has 0 radical (unpaired) electrons. The zero-order valence-corrected chi connectivity index (χ0v) is 17.2. The fourth-order valence-electron chi connectivity index (χ4n) is 4.82. The lowest BCUT2D eigenvalue weighted by atomic mass is 10.2. The molecule has 0 saturated heterocycles. The lowest BCUT2D eigenvalue weighted by molar-refractivity contribution is 1.08. The van der Waals surface area contributed by atoms with Gasteiger partial charge in [0.1, 0.15) is 5.82 Å². The number of aromatic nitrogens is 4. The molecule has 0 spiro atoms. The summed E-state index contributed by atoms with van der Waals surface area (Å²) in [6.45, 7) is 0. The fourth-order valence-corrected chi connectivity index (χ4v) is 4.82. The second-order valence-electron chi connectivity index (χ2n) is 7.95. The maximum absolute atomic E-state index is 5.26. The highest BCUT2D eigenvalue weighted by Gasteiger charge is 2.19. The summed E-state index contributed by atoms with van der Waals surface area (Å²) in [5.74, 6) is 0.891. The van der Waals surface area contributed by atoms with E-state index in [0.29, 0.717) is 0 Å². The minimum atomic E-state index is 0.891. The highest BCUT2D eigenvalue weighted by atomic mass is 15.1. The summed E-state index contributed by atoms with van der Waals surface area (Å²) < 4.78 is 4.52. The number of para-hydroxylation sites is 3. The number of rotatable bonds is 2. The van der Waals surface area contributed by atoms with Crippen LogP contribution in [-0.4, -0.2) is 19.1 Å². The standard InChI is InChI=1S/C28H18N4/c1-2-10-19(11-3-1)31-22-14-6-4-12-20(22)27-24(31)18-25-28(30-27)21-13-5-7-15-23(21)32(25)26-16-8-9-17-29-26/h1-18H. The zero-order chi connectivity index (χ0) is 21.1. The minimum absolute atomic E-state index is 0.891. The van der Waals surface area contributed by atoms with Crippen molar-refractivity contribution in [2.45, 2.75) is 0 Å². The maximum atomic E-state index is 5.26. The summed E-state index contributed by atoms with van der Waals surface area (Å²) in [5.41, 5.74) is 7.54. The monoisotopic (exact) mass is 410 g/mol. The van der Waals surface area contributed by atoms with Gasteiger partial charge in [0.25, 0.3) is 0 Å². The lowest BCUT2D eigenvalue weighted by Gasteiger charge is -2.08. The highest BCUT2D eigenvalue weighted by Crippen LogP contribution is 2.37. The van der Waals surface area contributed by atoms with Crippen molar-refractivity contribution < 1.29 is 0 Å². The third kappa shape index (κ3) is 2.32. The molecule has 3 aromatic carbocycles. The second kappa shape index (κ2) is 6.53. The molecule has 0 atom stereocenters. The lowest BCUT2D eigenvalue weighted by Crippen LogP contribution is -1.97. The number of pyridine rings is 2. The van der Waals surface area contributed by atoms with Gasteiger partial charge in [-0.3, -0.25) is 4.57 Å². The van der Waals surface area contributed by atoms with Crippen molar-refractivity contribution in [2.24, 2.45) is 0 Å². The Hall–Kier alpha value is -4.44. The smallest absolute Gasteiger partial charge is 0.137 e. The topological polar surface area (TPSA) is 35.6 Å². The van der Waals surface area contributed by atoms with E-state index in [-0.39, 0.29) is 0 Å². The molecule has 7 rings (SSSR count). The molecule has 4 aromatic heterocycles. The van der Waals surface area contributed by atoms with E-state index in [0.717, 1.165) is 55.4 Å². The van der Waals surface area contributed by atoms with Crippen molar-refractivity contribution in [3.05, 3.63) is 109 Å². The van der Waals surface area contributed by atoms with Crippen molar-refractivity contribution in [3.63, 3.8) is 0 Å². The molecule has 0 bridgehead atoms. The highest BCUT2D eigenvalue weighted by molar-refractivity contribution is 6.15. The van der Waals surface area contributed by atoms with Gasteiger partial charge in [0, 0.05) is 22.7 Å². The van der Waals surface area contributed by atoms with Crippen LogP contribution in [0.1, 0.15) is 0 Å². The average molecular weight is 410 g/mol. The zero-order valence-electron chi connectivity index (χ0n) is 17.2. The summed E-state index contributed by atoms with van der Waals surface area (Å²) in [6.07, 6.45) is 1.84. The number of benzene rings is 3. The Morgan fingerprint density at radius 3 is 1.78 bits per heavy atom. The summed E-state index contributed by atoms with van der Waals surface area (Å²) >= 11 is 0. The van der Waals surface area contributed by atoms with E-state index in [1.807, 2.05) is 30.5 Å². The van der Waals surface area contributed by atoms with E-state index in [1.54, 1.807) is 0 Å². The van der Waals surface area contributed by atoms with Gasteiger partial charge in [0.15, 0.2) is 0 Å². The molecule has 0 N–H and O–H groups in total. The van der Waals surface area contributed by atoms with E-state index in [1.165, 1.54) is 0 Å². The summed E-state index contributed by atoms with van der Waals surface area (Å²) in [5, 5.41) is 2.29. The maximum Gasteiger partial charge on any atom is 0.137 e. The molecule has 0 fully saturated rings. The molecule has 0 aliphatic rings. The van der Waals surface area contributed by atoms with Gasteiger partial charge < -0.3 is 4.57 Å². The molecule has 7 aromatic rings. The van der Waals surface area contributed by atoms with Crippen molar-refractivity contribution >= 4 is 43.9 Å². The Bertz CT molecular complexity index is 1630. The van der Waals surface area contributed by atoms with Gasteiger partial charge in [0.2, 0.25) is 0 Å². The van der Waals surface area contributed by atoms with Gasteiger partial charge in [-0.1, -0.05) is 60.7 Å². The first-order valence-electron chi connectivity index (χ1n) is 10.7. The molecule has 32 heavy (non-hydrogen) atoms. The molecule has 150 valence electrons. The van der Waals surface area contributed by atoms with E-state index in [2.05, 4.69) is 93.0 Å². The quantitative estimate of drug-likeness (QED) is 0.319. The Labute approximate surface area is 184 Å². The molecular formula is C28H18N4. The van der Waals surface area contributed by atoms with Crippen LogP contribution in [0.4, 0.5) is 0 Å². The Morgan fingerprint density at radius 2 is 1.09 bits per heavy atom. The fraction of sp³-hybridized carbons (Fsp3) is 0. The van der Waals surface area contributed by atoms with Gasteiger partial charge in [-0.05, 0) is 42.5 Å². The normalized spacial score (nSPS) is 11.8. The van der Waals surface area contributed by atoms with Crippen LogP contribution in [0.2, 0.25) is 0 Å². The van der Waals surface area contributed by atoms with Crippen molar-refractivity contribution in [1.29, 1.82) is 0 Å².